The van der Waals surface area contributed by atoms with E-state index < -0.39 is 10.0 Å². The van der Waals surface area contributed by atoms with Crippen molar-refractivity contribution in [3.05, 3.63) is 120 Å². The lowest BCUT2D eigenvalue weighted by Gasteiger charge is -2.23. The van der Waals surface area contributed by atoms with E-state index in [4.69, 9.17) is 4.74 Å². The monoisotopic (exact) mass is 524 g/mol. The fourth-order valence-electron chi connectivity index (χ4n) is 5.86. The zero-order valence-electron chi connectivity index (χ0n) is 21.2. The van der Waals surface area contributed by atoms with Crippen molar-refractivity contribution in [2.45, 2.75) is 43.2 Å². The highest BCUT2D eigenvalue weighted by Gasteiger charge is 2.41. The van der Waals surface area contributed by atoms with Crippen LogP contribution in [0.15, 0.2) is 108 Å². The molecule has 1 fully saturated rings. The van der Waals surface area contributed by atoms with Gasteiger partial charge in [-0.2, -0.15) is 0 Å². The fraction of sp³-hybridized carbons (Fsp3) is 0.250. The molecular weight excluding hydrogens is 492 g/mol. The van der Waals surface area contributed by atoms with Crippen molar-refractivity contribution in [3.8, 4) is 11.5 Å². The maximum Gasteiger partial charge on any atom is 0.240 e. The SMILES string of the molecule is O=S(=O)(NC1C2CCC1Cc1cc(NCc3ccc(Oc4ccccc4)cc3)ccc1C2)c1ccccc1. The van der Waals surface area contributed by atoms with Gasteiger partial charge < -0.3 is 10.1 Å². The molecule has 0 aliphatic heterocycles. The van der Waals surface area contributed by atoms with Crippen molar-refractivity contribution in [3.63, 3.8) is 0 Å². The number of sulfonamides is 1. The summed E-state index contributed by atoms with van der Waals surface area (Å²) in [4.78, 5) is 0.340. The molecule has 6 rings (SSSR count). The molecule has 4 aromatic carbocycles. The highest BCUT2D eigenvalue weighted by atomic mass is 32.2. The summed E-state index contributed by atoms with van der Waals surface area (Å²) in [6.45, 7) is 0.718. The van der Waals surface area contributed by atoms with Crippen LogP contribution < -0.4 is 14.8 Å². The summed E-state index contributed by atoms with van der Waals surface area (Å²) in [7, 11) is -3.53. The van der Waals surface area contributed by atoms with Gasteiger partial charge in [0, 0.05) is 18.3 Å². The maximum atomic E-state index is 13.1. The number of hydrogen-bond donors (Lipinski definition) is 2. The molecule has 0 aromatic heterocycles. The van der Waals surface area contributed by atoms with E-state index in [1.165, 1.54) is 16.7 Å². The predicted molar refractivity (Wildman–Crippen MR) is 151 cm³/mol. The molecule has 194 valence electrons. The highest BCUT2D eigenvalue weighted by Crippen LogP contribution is 2.41. The zero-order valence-corrected chi connectivity index (χ0v) is 22.0. The predicted octanol–water partition coefficient (Wildman–Crippen LogP) is 6.56. The van der Waals surface area contributed by atoms with Gasteiger partial charge in [-0.25, -0.2) is 13.1 Å². The molecule has 1 saturated carbocycles. The molecule has 0 saturated heterocycles. The molecule has 0 radical (unpaired) electrons. The molecule has 2 bridgehead atoms. The van der Waals surface area contributed by atoms with Crippen LogP contribution in [-0.2, 0) is 29.4 Å². The average molecular weight is 525 g/mol. The first kappa shape index (κ1) is 24.7. The van der Waals surface area contributed by atoms with E-state index in [2.05, 4.69) is 40.4 Å². The van der Waals surface area contributed by atoms with Crippen LogP contribution in [0.25, 0.3) is 0 Å². The molecule has 2 N–H and O–H groups in total. The van der Waals surface area contributed by atoms with Crippen molar-refractivity contribution in [2.75, 3.05) is 5.32 Å². The van der Waals surface area contributed by atoms with Gasteiger partial charge in [-0.1, -0.05) is 54.6 Å². The summed E-state index contributed by atoms with van der Waals surface area (Å²) in [6, 6.07) is 33.2. The summed E-state index contributed by atoms with van der Waals surface area (Å²) in [6.07, 6.45) is 3.93. The summed E-state index contributed by atoms with van der Waals surface area (Å²) < 4.78 is 35.1. The van der Waals surface area contributed by atoms with E-state index in [1.54, 1.807) is 24.3 Å². The maximum absolute atomic E-state index is 13.1. The molecule has 2 aliphatic rings. The van der Waals surface area contributed by atoms with E-state index in [-0.39, 0.29) is 6.04 Å². The van der Waals surface area contributed by atoms with Gasteiger partial charge in [-0.3, -0.25) is 0 Å². The third-order valence-corrected chi connectivity index (χ3v) is 9.31. The van der Waals surface area contributed by atoms with Crippen molar-refractivity contribution in [2.24, 2.45) is 11.8 Å². The van der Waals surface area contributed by atoms with Gasteiger partial charge in [0.05, 0.1) is 4.90 Å². The van der Waals surface area contributed by atoms with E-state index >= 15 is 0 Å². The Bertz CT molecular complexity index is 1490. The lowest BCUT2D eigenvalue weighted by Crippen LogP contribution is -2.41. The number of hydrogen-bond acceptors (Lipinski definition) is 4. The van der Waals surface area contributed by atoms with E-state index in [9.17, 15) is 8.42 Å². The molecule has 5 nitrogen and oxygen atoms in total. The van der Waals surface area contributed by atoms with E-state index in [0.29, 0.717) is 16.7 Å². The molecule has 0 heterocycles. The average Bonchev–Trinajstić information content (AvgIpc) is 3.22. The third-order valence-electron chi connectivity index (χ3n) is 7.84. The standard InChI is InChI=1S/C32H32N2O3S/c35-38(36,31-9-5-2-6-10-31)34-32-25-13-14-26(32)20-27-21-28(16-15-24(27)19-25)33-22-23-11-17-30(18-12-23)37-29-7-3-1-4-8-29/h1-12,15-18,21,25-26,32-34H,13-14,19-20,22H2. The Balaban J connectivity index is 1.10. The lowest BCUT2D eigenvalue weighted by atomic mass is 9.93. The Kier molecular flexibility index (Phi) is 6.92. The first-order valence-electron chi connectivity index (χ1n) is 13.3. The Morgan fingerprint density at radius 2 is 1.34 bits per heavy atom. The topological polar surface area (TPSA) is 67.4 Å². The van der Waals surface area contributed by atoms with Gasteiger partial charge in [0.1, 0.15) is 11.5 Å². The number of benzene rings is 4. The summed E-state index contributed by atoms with van der Waals surface area (Å²) >= 11 is 0. The van der Waals surface area contributed by atoms with Crippen LogP contribution in [0, 0.1) is 11.8 Å². The van der Waals surface area contributed by atoms with Crippen LogP contribution in [0.2, 0.25) is 0 Å². The van der Waals surface area contributed by atoms with Gasteiger partial charge in [-0.05, 0) is 103 Å². The number of rotatable bonds is 8. The Hall–Kier alpha value is -3.61. The van der Waals surface area contributed by atoms with Crippen LogP contribution in [0.1, 0.15) is 29.5 Å². The molecule has 0 spiro atoms. The molecule has 4 aromatic rings. The molecule has 3 unspecified atom stereocenters. The Morgan fingerprint density at radius 3 is 2.05 bits per heavy atom. The van der Waals surface area contributed by atoms with E-state index in [1.807, 2.05) is 48.5 Å². The number of nitrogens with one attached hydrogen (secondary N) is 2. The lowest BCUT2D eigenvalue weighted by molar-refractivity contribution is 0.386. The van der Waals surface area contributed by atoms with Crippen LogP contribution in [0.5, 0.6) is 11.5 Å². The number of ether oxygens (including phenoxy) is 1. The Labute approximate surface area is 224 Å². The fourth-order valence-corrected chi connectivity index (χ4v) is 7.26. The summed E-state index contributed by atoms with van der Waals surface area (Å²) in [5.41, 5.74) is 4.94. The molecule has 2 aliphatic carbocycles. The van der Waals surface area contributed by atoms with Gasteiger partial charge in [0.15, 0.2) is 0 Å². The van der Waals surface area contributed by atoms with Crippen LogP contribution in [-0.4, -0.2) is 14.5 Å². The van der Waals surface area contributed by atoms with Crippen molar-refractivity contribution in [1.29, 1.82) is 0 Å². The quantitative estimate of drug-likeness (QED) is 0.274. The second-order valence-electron chi connectivity index (χ2n) is 10.4. The second kappa shape index (κ2) is 10.6. The molecular formula is C32H32N2O3S. The van der Waals surface area contributed by atoms with Crippen LogP contribution in [0.4, 0.5) is 5.69 Å². The summed E-state index contributed by atoms with van der Waals surface area (Å²) in [5, 5.41) is 3.56. The van der Waals surface area contributed by atoms with Gasteiger partial charge in [0.2, 0.25) is 10.0 Å². The van der Waals surface area contributed by atoms with Crippen molar-refractivity contribution >= 4 is 15.7 Å². The van der Waals surface area contributed by atoms with Crippen LogP contribution >= 0.6 is 0 Å². The molecule has 38 heavy (non-hydrogen) atoms. The first-order valence-corrected chi connectivity index (χ1v) is 14.8. The minimum Gasteiger partial charge on any atom is -0.457 e. The Morgan fingerprint density at radius 1 is 0.711 bits per heavy atom. The third kappa shape index (κ3) is 5.47. The van der Waals surface area contributed by atoms with Crippen LogP contribution in [0.3, 0.4) is 0 Å². The number of para-hydroxylation sites is 1. The molecule has 3 atom stereocenters. The smallest absolute Gasteiger partial charge is 0.240 e. The summed E-state index contributed by atoms with van der Waals surface area (Å²) in [5.74, 6) is 2.28. The molecule has 0 amide bonds. The van der Waals surface area contributed by atoms with Crippen molar-refractivity contribution < 1.29 is 13.2 Å². The minimum atomic E-state index is -3.53. The minimum absolute atomic E-state index is 0.0272. The number of anilines is 1. The van der Waals surface area contributed by atoms with Gasteiger partial charge >= 0.3 is 0 Å². The van der Waals surface area contributed by atoms with Gasteiger partial charge in [0.25, 0.3) is 0 Å². The first-order chi connectivity index (χ1) is 18.5. The second-order valence-corrected chi connectivity index (χ2v) is 12.1. The number of fused-ring (bicyclic) bond motifs is 3. The highest BCUT2D eigenvalue weighted by molar-refractivity contribution is 7.89. The van der Waals surface area contributed by atoms with Gasteiger partial charge in [-0.15, -0.1) is 0 Å². The van der Waals surface area contributed by atoms with Crippen molar-refractivity contribution in [1.82, 2.24) is 4.72 Å². The molecule has 6 heteroatoms. The normalized spacial score (nSPS) is 20.4. The largest absolute Gasteiger partial charge is 0.457 e. The van der Waals surface area contributed by atoms with E-state index in [0.717, 1.165) is 49.4 Å². The zero-order chi connectivity index (χ0) is 26.0.